The molecule has 0 rings (SSSR count). The summed E-state index contributed by atoms with van der Waals surface area (Å²) in [5.74, 6) is 0. The van der Waals surface area contributed by atoms with Gasteiger partial charge in [-0.25, -0.2) is 13.9 Å². The zero-order valence-corrected chi connectivity index (χ0v) is 7.57. The second kappa shape index (κ2) is 3.66. The Morgan fingerprint density at radius 1 is 1.25 bits per heavy atom. The molecule has 0 aliphatic heterocycles. The molecule has 3 N–H and O–H groups in total. The van der Waals surface area contributed by atoms with E-state index in [1.807, 2.05) is 0 Å². The number of rotatable bonds is 3. The minimum absolute atomic E-state index is 0.724. The summed E-state index contributed by atoms with van der Waals surface area (Å²) in [5.41, 5.74) is -1.99. The maximum atomic E-state index is 10.5. The predicted molar refractivity (Wildman–Crippen MR) is 35.4 cm³/mol. The van der Waals surface area contributed by atoms with Crippen LogP contribution in [0.2, 0.25) is 0 Å². The van der Waals surface area contributed by atoms with Crippen molar-refractivity contribution in [1.82, 2.24) is 0 Å². The van der Waals surface area contributed by atoms with E-state index in [1.54, 1.807) is 0 Å². The highest BCUT2D eigenvalue weighted by atomic mass is 31.2. The first kappa shape index (κ1) is 11.8. The van der Waals surface area contributed by atoms with Gasteiger partial charge in [0.1, 0.15) is 0 Å². The summed E-state index contributed by atoms with van der Waals surface area (Å²) in [7, 11) is -9.08. The summed E-state index contributed by atoms with van der Waals surface area (Å²) in [6.45, 7) is 0. The van der Waals surface area contributed by atoms with Gasteiger partial charge in [-0.3, -0.25) is 9.79 Å². The molecule has 1 unspecified atom stereocenters. The Hall–Kier alpha value is -0.230. The first-order valence-electron chi connectivity index (χ1n) is 2.37. The molecule has 8 nitrogen and oxygen atoms in total. The van der Waals surface area contributed by atoms with Gasteiger partial charge >= 0.3 is 21.1 Å². The monoisotopic (exact) mass is 220 g/mol. The highest BCUT2D eigenvalue weighted by Gasteiger charge is 2.36. The molecule has 0 bridgehead atoms. The van der Waals surface area contributed by atoms with E-state index in [1.165, 1.54) is 0 Å². The second-order valence-corrected chi connectivity index (χ2v) is 4.49. The molecular formula is C2H6O8P2. The van der Waals surface area contributed by atoms with Crippen LogP contribution in [0, 0.1) is 0 Å². The fourth-order valence-corrected chi connectivity index (χ4v) is 1.31. The first-order chi connectivity index (χ1) is 5.19. The molecule has 72 valence electrons. The third-order valence-electron chi connectivity index (χ3n) is 0.675. The Morgan fingerprint density at radius 3 is 1.92 bits per heavy atom. The average Bonchev–Trinajstić information content (AvgIpc) is 1.84. The molecule has 0 aliphatic rings. The highest BCUT2D eigenvalue weighted by Crippen LogP contribution is 2.49. The summed E-state index contributed by atoms with van der Waals surface area (Å²) < 4.78 is 27.5. The van der Waals surface area contributed by atoms with Crippen LogP contribution < -0.4 is 0 Å². The van der Waals surface area contributed by atoms with Gasteiger partial charge in [0.15, 0.2) is 0 Å². The Bertz CT molecular complexity index is 262. The minimum atomic E-state index is -5.09. The predicted octanol–water partition coefficient (Wildman–Crippen LogP) is 0.0475. The number of phosphoric ester groups is 1. The summed E-state index contributed by atoms with van der Waals surface area (Å²) in [6, 6.07) is 0. The van der Waals surface area contributed by atoms with Crippen LogP contribution in [0.3, 0.4) is 0 Å². The van der Waals surface area contributed by atoms with Crippen molar-refractivity contribution >= 4 is 21.1 Å². The quantitative estimate of drug-likeness (QED) is 0.568. The van der Waals surface area contributed by atoms with E-state index in [-0.39, 0.29) is 0 Å². The third-order valence-corrected chi connectivity index (χ3v) is 2.27. The minimum Gasteiger partial charge on any atom is -0.361 e. The van der Waals surface area contributed by atoms with Gasteiger partial charge in [-0.05, 0) is 0 Å². The normalized spacial score (nSPS) is 16.7. The van der Waals surface area contributed by atoms with Crippen molar-refractivity contribution in [3.63, 3.8) is 0 Å². The smallest absolute Gasteiger partial charge is 0.361 e. The fourth-order valence-electron chi connectivity index (χ4n) is 0.228. The van der Waals surface area contributed by atoms with Gasteiger partial charge in [-0.2, -0.15) is 0 Å². The van der Waals surface area contributed by atoms with E-state index in [0.717, 1.165) is 7.11 Å². The number of phosphoric acid groups is 1. The number of hydrogen-bond acceptors (Lipinski definition) is 5. The van der Waals surface area contributed by atoms with E-state index in [4.69, 9.17) is 14.7 Å². The SMILES string of the molecule is COP(=O)(O)C(=O)OP(=O)(O)O. The lowest BCUT2D eigenvalue weighted by Crippen LogP contribution is -2.02. The molecule has 0 spiro atoms. The van der Waals surface area contributed by atoms with E-state index in [2.05, 4.69) is 9.05 Å². The van der Waals surface area contributed by atoms with Crippen molar-refractivity contribution in [3.05, 3.63) is 0 Å². The summed E-state index contributed by atoms with van der Waals surface area (Å²) >= 11 is 0. The van der Waals surface area contributed by atoms with Crippen LogP contribution in [0.25, 0.3) is 0 Å². The number of hydrogen-bond donors (Lipinski definition) is 3. The molecule has 0 radical (unpaired) electrons. The van der Waals surface area contributed by atoms with Gasteiger partial charge in [0, 0.05) is 7.11 Å². The largest absolute Gasteiger partial charge is 0.527 e. The zero-order chi connectivity index (χ0) is 9.99. The van der Waals surface area contributed by atoms with Gasteiger partial charge < -0.3 is 13.9 Å². The second-order valence-electron chi connectivity index (χ2n) is 1.55. The van der Waals surface area contributed by atoms with Gasteiger partial charge in [0.2, 0.25) is 0 Å². The molecule has 0 fully saturated rings. The van der Waals surface area contributed by atoms with Crippen LogP contribution in [-0.2, 0) is 18.2 Å². The van der Waals surface area contributed by atoms with Gasteiger partial charge in [-0.15, -0.1) is 0 Å². The molecule has 12 heavy (non-hydrogen) atoms. The molecule has 0 saturated heterocycles. The summed E-state index contributed by atoms with van der Waals surface area (Å²) in [4.78, 5) is 34.9. The summed E-state index contributed by atoms with van der Waals surface area (Å²) in [6.07, 6.45) is 0. The Balaban J connectivity index is 4.45. The first-order valence-corrected chi connectivity index (χ1v) is 5.48. The fraction of sp³-hybridized carbons (Fsp3) is 0.500. The van der Waals surface area contributed by atoms with Crippen LogP contribution in [0.5, 0.6) is 0 Å². The zero-order valence-electron chi connectivity index (χ0n) is 5.78. The van der Waals surface area contributed by atoms with Crippen LogP contribution in [-0.4, -0.2) is 27.5 Å². The number of carbonyl (C=O) groups is 1. The lowest BCUT2D eigenvalue weighted by Gasteiger charge is -2.07. The lowest BCUT2D eigenvalue weighted by molar-refractivity contribution is 0.186. The van der Waals surface area contributed by atoms with Crippen LogP contribution in [0.1, 0.15) is 0 Å². The van der Waals surface area contributed by atoms with Gasteiger partial charge in [0.25, 0.3) is 0 Å². The summed E-state index contributed by atoms with van der Waals surface area (Å²) in [5, 5.41) is 0. The molecule has 0 amide bonds. The standard InChI is InChI=1S/C2H6O8P2/c1-9-11(4,5)2(3)10-12(6,7)8/h1H3,(H,4,5)(H2,6,7,8). The van der Waals surface area contributed by atoms with Crippen LogP contribution in [0.4, 0.5) is 4.79 Å². The van der Waals surface area contributed by atoms with E-state index < -0.39 is 21.1 Å². The molecule has 0 aromatic rings. The third kappa shape index (κ3) is 3.96. The topological polar surface area (TPSA) is 130 Å². The molecule has 0 saturated carbocycles. The molecular weight excluding hydrogens is 214 g/mol. The molecule has 0 heterocycles. The molecule has 10 heteroatoms. The molecule has 0 aromatic carbocycles. The molecule has 0 aliphatic carbocycles. The van der Waals surface area contributed by atoms with Gasteiger partial charge in [-0.1, -0.05) is 0 Å². The van der Waals surface area contributed by atoms with Crippen molar-refractivity contribution in [2.24, 2.45) is 0 Å². The van der Waals surface area contributed by atoms with E-state index in [9.17, 15) is 13.9 Å². The highest BCUT2D eigenvalue weighted by molar-refractivity contribution is 7.71. The van der Waals surface area contributed by atoms with Crippen molar-refractivity contribution in [2.45, 2.75) is 0 Å². The maximum Gasteiger partial charge on any atom is 0.527 e. The average molecular weight is 220 g/mol. The Labute approximate surface area is 66.9 Å². The van der Waals surface area contributed by atoms with Crippen molar-refractivity contribution in [2.75, 3.05) is 7.11 Å². The van der Waals surface area contributed by atoms with Crippen molar-refractivity contribution in [1.29, 1.82) is 0 Å². The van der Waals surface area contributed by atoms with Crippen LogP contribution >= 0.6 is 15.4 Å². The van der Waals surface area contributed by atoms with Crippen molar-refractivity contribution < 1.29 is 37.7 Å². The Morgan fingerprint density at radius 2 is 1.67 bits per heavy atom. The Kier molecular flexibility index (Phi) is 3.59. The van der Waals surface area contributed by atoms with Gasteiger partial charge in [0.05, 0.1) is 0 Å². The van der Waals surface area contributed by atoms with E-state index >= 15 is 0 Å². The van der Waals surface area contributed by atoms with Crippen molar-refractivity contribution in [3.8, 4) is 0 Å². The molecule has 1 atom stereocenters. The maximum absolute atomic E-state index is 10.5. The number of carbonyl (C=O) groups excluding carboxylic acids is 1. The lowest BCUT2D eigenvalue weighted by atomic mass is 11.6. The molecule has 0 aromatic heterocycles. The van der Waals surface area contributed by atoms with E-state index in [0.29, 0.717) is 0 Å². The van der Waals surface area contributed by atoms with Crippen LogP contribution in [0.15, 0.2) is 0 Å².